The van der Waals surface area contributed by atoms with E-state index in [1.165, 1.54) is 16.7 Å². The first kappa shape index (κ1) is 30.2. The van der Waals surface area contributed by atoms with Gasteiger partial charge in [-0.2, -0.15) is 13.2 Å². The molecule has 236 valence electrons. The number of carbonyl (C=O) groups is 1. The fourth-order valence-electron chi connectivity index (χ4n) is 6.46. The highest BCUT2D eigenvalue weighted by molar-refractivity contribution is 6.26. The van der Waals surface area contributed by atoms with Gasteiger partial charge >= 0.3 is 6.18 Å². The lowest BCUT2D eigenvalue weighted by Gasteiger charge is -2.15. The highest BCUT2D eigenvalue weighted by atomic mass is 19.4. The van der Waals surface area contributed by atoms with Crippen molar-refractivity contribution in [2.45, 2.75) is 39.4 Å². The van der Waals surface area contributed by atoms with Crippen LogP contribution in [-0.2, 0) is 12.7 Å². The van der Waals surface area contributed by atoms with Gasteiger partial charge in [0.05, 0.1) is 12.2 Å². The number of hydrogen-bond donors (Lipinski definition) is 0. The van der Waals surface area contributed by atoms with Crippen LogP contribution < -0.4 is 15.9 Å². The highest BCUT2D eigenvalue weighted by Gasteiger charge is 2.30. The second-order valence-electron chi connectivity index (χ2n) is 11.8. The zero-order chi connectivity index (χ0) is 33.0. The van der Waals surface area contributed by atoms with E-state index in [9.17, 15) is 27.6 Å². The van der Waals surface area contributed by atoms with Crippen molar-refractivity contribution in [3.8, 4) is 16.9 Å². The van der Waals surface area contributed by atoms with Gasteiger partial charge in [-0.3, -0.25) is 19.0 Å². The van der Waals surface area contributed by atoms with E-state index in [2.05, 4.69) is 0 Å². The number of aryl methyl sites for hydroxylation is 2. The molecule has 0 amide bonds. The fraction of sp³-hybridized carbons (Fsp3) is 0.184. The van der Waals surface area contributed by atoms with Gasteiger partial charge in [-0.1, -0.05) is 24.3 Å². The molecule has 2 aromatic heterocycles. The first-order valence-electron chi connectivity index (χ1n) is 15.2. The molecule has 0 saturated heterocycles. The van der Waals surface area contributed by atoms with Gasteiger partial charge < -0.3 is 9.15 Å². The summed E-state index contributed by atoms with van der Waals surface area (Å²) in [4.78, 5) is 38.6. The Labute approximate surface area is 265 Å². The minimum absolute atomic E-state index is 0.226. The number of halogens is 3. The second-order valence-corrected chi connectivity index (χ2v) is 11.8. The Morgan fingerprint density at radius 2 is 1.34 bits per heavy atom. The number of pyridine rings is 1. The SMILES string of the molecule is Cc1cc(OCCCCn2c(=O)c3ccc4oc5ccc(-c6ccc(C(F)(F)F)cc6)cc5c5ccc(c2=O)c3c45)cc(C)c1C=O. The number of nitrogens with zero attached hydrogens (tertiary/aromatic N) is 1. The normalized spacial score (nSPS) is 12.1. The largest absolute Gasteiger partial charge is 0.494 e. The van der Waals surface area contributed by atoms with Gasteiger partial charge in [0.1, 0.15) is 16.9 Å². The molecule has 0 bridgehead atoms. The predicted molar refractivity (Wildman–Crippen MR) is 177 cm³/mol. The van der Waals surface area contributed by atoms with E-state index in [1.54, 1.807) is 30.3 Å². The Hall–Kier alpha value is -5.44. The summed E-state index contributed by atoms with van der Waals surface area (Å²) in [5, 5.41) is 3.48. The Kier molecular flexibility index (Phi) is 7.34. The van der Waals surface area contributed by atoms with Gasteiger partial charge in [0.15, 0.2) is 6.29 Å². The summed E-state index contributed by atoms with van der Waals surface area (Å²) in [5.41, 5.74) is 3.25. The van der Waals surface area contributed by atoms with E-state index in [4.69, 9.17) is 9.15 Å². The molecule has 0 saturated carbocycles. The van der Waals surface area contributed by atoms with Crippen molar-refractivity contribution in [2.75, 3.05) is 6.61 Å². The molecule has 0 aliphatic heterocycles. The number of ether oxygens (including phenoxy) is 1. The number of rotatable bonds is 8. The summed E-state index contributed by atoms with van der Waals surface area (Å²) in [6.07, 6.45) is -2.44. The number of alkyl halides is 3. The van der Waals surface area contributed by atoms with Gasteiger partial charge in [0.2, 0.25) is 0 Å². The third-order valence-corrected chi connectivity index (χ3v) is 8.84. The molecule has 7 rings (SSSR count). The molecule has 0 aliphatic rings. The molecule has 0 fully saturated rings. The molecule has 9 heteroatoms. The minimum Gasteiger partial charge on any atom is -0.494 e. The molecule has 0 atom stereocenters. The Bertz CT molecular complexity index is 2400. The molecule has 5 aromatic carbocycles. The first-order valence-corrected chi connectivity index (χ1v) is 15.2. The van der Waals surface area contributed by atoms with Crippen molar-refractivity contribution in [2.24, 2.45) is 0 Å². The summed E-state index contributed by atoms with van der Waals surface area (Å²) < 4.78 is 52.7. The second kappa shape index (κ2) is 11.4. The molecule has 0 spiro atoms. The predicted octanol–water partition coefficient (Wildman–Crippen LogP) is 8.83. The molecule has 2 heterocycles. The fourth-order valence-corrected chi connectivity index (χ4v) is 6.46. The van der Waals surface area contributed by atoms with Crippen molar-refractivity contribution in [1.29, 1.82) is 0 Å². The van der Waals surface area contributed by atoms with Crippen molar-refractivity contribution in [3.05, 3.63) is 122 Å². The van der Waals surface area contributed by atoms with Gasteiger partial charge in [-0.05, 0) is 109 Å². The maximum Gasteiger partial charge on any atom is 0.416 e. The molecular weight excluding hydrogens is 607 g/mol. The van der Waals surface area contributed by atoms with Crippen molar-refractivity contribution < 1.29 is 27.1 Å². The third-order valence-electron chi connectivity index (χ3n) is 8.84. The molecular formula is C38H28F3NO5. The highest BCUT2D eigenvalue weighted by Crippen LogP contribution is 2.39. The van der Waals surface area contributed by atoms with E-state index >= 15 is 0 Å². The zero-order valence-corrected chi connectivity index (χ0v) is 25.5. The van der Waals surface area contributed by atoms with Crippen molar-refractivity contribution in [3.63, 3.8) is 0 Å². The molecule has 0 radical (unpaired) electrons. The van der Waals surface area contributed by atoms with E-state index in [0.717, 1.165) is 34.9 Å². The van der Waals surface area contributed by atoms with E-state index in [0.29, 0.717) is 80.0 Å². The monoisotopic (exact) mass is 635 g/mol. The molecule has 6 nitrogen and oxygen atoms in total. The van der Waals surface area contributed by atoms with Crippen molar-refractivity contribution >= 4 is 49.8 Å². The topological polar surface area (TPSA) is 78.5 Å². The van der Waals surface area contributed by atoms with Crippen LogP contribution in [0.4, 0.5) is 13.2 Å². The van der Waals surface area contributed by atoms with Crippen molar-refractivity contribution in [1.82, 2.24) is 4.57 Å². The maximum atomic E-state index is 13.7. The quantitative estimate of drug-likeness (QED) is 0.0722. The van der Waals surface area contributed by atoms with Gasteiger partial charge in [-0.15, -0.1) is 0 Å². The van der Waals surface area contributed by atoms with Crippen LogP contribution >= 0.6 is 0 Å². The summed E-state index contributed by atoms with van der Waals surface area (Å²) >= 11 is 0. The molecule has 7 aromatic rings. The smallest absolute Gasteiger partial charge is 0.416 e. The summed E-state index contributed by atoms with van der Waals surface area (Å²) in [6.45, 7) is 4.33. The van der Waals surface area contributed by atoms with Gasteiger partial charge in [0.25, 0.3) is 11.1 Å². The Morgan fingerprint density at radius 3 is 2.00 bits per heavy atom. The van der Waals surface area contributed by atoms with Gasteiger partial charge in [-0.25, -0.2) is 0 Å². The first-order chi connectivity index (χ1) is 22.5. The third kappa shape index (κ3) is 5.21. The molecule has 0 aliphatic carbocycles. The summed E-state index contributed by atoms with van der Waals surface area (Å²) in [5.74, 6) is 0.666. The van der Waals surface area contributed by atoms with Crippen LogP contribution in [0.2, 0.25) is 0 Å². The minimum atomic E-state index is -4.42. The Balaban J connectivity index is 1.20. The van der Waals surface area contributed by atoms with Gasteiger partial charge in [0, 0.05) is 39.0 Å². The Morgan fingerprint density at radius 1 is 0.723 bits per heavy atom. The summed E-state index contributed by atoms with van der Waals surface area (Å²) in [6, 6.07) is 21.0. The maximum absolute atomic E-state index is 13.7. The zero-order valence-electron chi connectivity index (χ0n) is 25.5. The lowest BCUT2D eigenvalue weighted by Crippen LogP contribution is -2.33. The number of unbranched alkanes of at least 4 members (excludes halogenated alkanes) is 1. The van der Waals surface area contributed by atoms with E-state index in [-0.39, 0.29) is 17.7 Å². The van der Waals surface area contributed by atoms with Crippen LogP contribution in [0.25, 0.3) is 54.6 Å². The van der Waals surface area contributed by atoms with Crippen LogP contribution in [0.1, 0.15) is 39.9 Å². The number of aldehydes is 1. The van der Waals surface area contributed by atoms with E-state index in [1.807, 2.05) is 38.1 Å². The van der Waals surface area contributed by atoms with E-state index < -0.39 is 11.7 Å². The standard InChI is InChI=1S/C38H28F3NO5/c1-21-17-26(18-22(2)31(21)20-43)46-16-4-3-15-42-36(44)28-11-10-27-30-19-24(23-5-8-25(9-6-23)38(39,40)41)7-13-32(30)47-33-14-12-29(37(42)45)34(28)35(27)33/h5-14,17-20H,3-4,15-16H2,1-2H3. The number of carbonyl (C=O) groups excluding carboxylic acids is 1. The number of hydrogen-bond acceptors (Lipinski definition) is 5. The molecule has 0 unspecified atom stereocenters. The number of benzene rings is 5. The van der Waals surface area contributed by atoms with Crippen LogP contribution in [0, 0.1) is 13.8 Å². The van der Waals surface area contributed by atoms with Crippen LogP contribution in [0.15, 0.2) is 92.9 Å². The average molecular weight is 636 g/mol. The number of fused-ring (bicyclic) bond motifs is 2. The van der Waals surface area contributed by atoms with Crippen LogP contribution in [0.3, 0.4) is 0 Å². The number of aromatic nitrogens is 1. The average Bonchev–Trinajstić information content (AvgIpc) is 3.05. The molecule has 0 N–H and O–H groups in total. The van der Waals surface area contributed by atoms with Crippen LogP contribution in [0.5, 0.6) is 5.75 Å². The lowest BCUT2D eigenvalue weighted by atomic mass is 9.95. The summed E-state index contributed by atoms with van der Waals surface area (Å²) in [7, 11) is 0. The lowest BCUT2D eigenvalue weighted by molar-refractivity contribution is -0.137. The van der Waals surface area contributed by atoms with Crippen LogP contribution in [-0.4, -0.2) is 17.5 Å². The molecule has 47 heavy (non-hydrogen) atoms.